The molecule has 1 saturated carbocycles. The van der Waals surface area contributed by atoms with Gasteiger partial charge in [-0.2, -0.15) is 0 Å². The van der Waals surface area contributed by atoms with Crippen molar-refractivity contribution in [2.24, 2.45) is 11.8 Å². The number of nitrogens with zero attached hydrogens (tertiary/aromatic N) is 2. The zero-order valence-electron chi connectivity index (χ0n) is 14.8. The van der Waals surface area contributed by atoms with Crippen molar-refractivity contribution in [1.82, 2.24) is 4.90 Å². The average molecular weight is 340 g/mol. The number of carbonyl (C=O) groups is 1. The number of hydrogen-bond donors (Lipinski definition) is 0. The third-order valence-electron chi connectivity index (χ3n) is 6.70. The second kappa shape index (κ2) is 5.02. The van der Waals surface area contributed by atoms with Crippen LogP contribution in [0.15, 0.2) is 0 Å². The van der Waals surface area contributed by atoms with E-state index in [0.29, 0.717) is 18.9 Å². The molecule has 3 fully saturated rings. The predicted octanol–water partition coefficient (Wildman–Crippen LogP) is 2.66. The Labute approximate surface area is 138 Å². The van der Waals surface area contributed by atoms with Gasteiger partial charge in [-0.05, 0) is 36.9 Å². The largest absolute Gasteiger partial charge is 0.415 e. The minimum absolute atomic E-state index is 0.0748. The molecule has 1 aliphatic carbocycles. The molecule has 0 aromatic heterocycles. The molecule has 4 atom stereocenters. The van der Waals surface area contributed by atoms with Crippen molar-refractivity contribution < 1.29 is 14.1 Å². The van der Waals surface area contributed by atoms with E-state index in [9.17, 15) is 14.9 Å². The first-order valence-electron chi connectivity index (χ1n) is 8.57. The zero-order valence-corrected chi connectivity index (χ0v) is 15.8. The van der Waals surface area contributed by atoms with Crippen LogP contribution >= 0.6 is 0 Å². The Kier molecular flexibility index (Phi) is 3.69. The summed E-state index contributed by atoms with van der Waals surface area (Å²) in [5.41, 5.74) is -0.203. The van der Waals surface area contributed by atoms with E-state index in [1.54, 1.807) is 0 Å². The second-order valence-electron chi connectivity index (χ2n) is 9.03. The molecule has 0 bridgehead atoms. The Balaban J connectivity index is 1.69. The fraction of sp³-hybridized carbons (Fsp3) is 0.938. The van der Waals surface area contributed by atoms with Crippen molar-refractivity contribution in [2.45, 2.75) is 69.7 Å². The molecule has 7 heteroatoms. The van der Waals surface area contributed by atoms with Crippen LogP contribution in [0.3, 0.4) is 0 Å². The van der Waals surface area contributed by atoms with Gasteiger partial charge in [0.05, 0.1) is 24.1 Å². The van der Waals surface area contributed by atoms with Crippen LogP contribution in [0.5, 0.6) is 0 Å². The number of amides is 1. The summed E-state index contributed by atoms with van der Waals surface area (Å²) >= 11 is 0. The van der Waals surface area contributed by atoms with E-state index >= 15 is 0 Å². The first-order valence-corrected chi connectivity index (χ1v) is 11.5. The van der Waals surface area contributed by atoms with E-state index < -0.39 is 8.32 Å². The number of hydrogen-bond acceptors (Lipinski definition) is 4. The van der Waals surface area contributed by atoms with Gasteiger partial charge in [-0.3, -0.25) is 14.9 Å². The fourth-order valence-corrected chi connectivity index (χ4v) is 5.42. The molecular weight excluding hydrogens is 312 g/mol. The van der Waals surface area contributed by atoms with Crippen molar-refractivity contribution in [3.63, 3.8) is 0 Å². The summed E-state index contributed by atoms with van der Waals surface area (Å²) in [5.74, 6) is 0.445. The maximum Gasteiger partial charge on any atom is 0.224 e. The normalized spacial score (nSPS) is 36.1. The molecule has 6 nitrogen and oxygen atoms in total. The minimum Gasteiger partial charge on any atom is -0.415 e. The third-order valence-corrected chi connectivity index (χ3v) is 11.2. The lowest BCUT2D eigenvalue weighted by molar-refractivity contribution is -0.489. The van der Waals surface area contributed by atoms with E-state index in [1.807, 2.05) is 4.90 Å². The van der Waals surface area contributed by atoms with Crippen LogP contribution in [-0.4, -0.2) is 48.8 Å². The van der Waals surface area contributed by atoms with Gasteiger partial charge in [0.15, 0.2) is 8.32 Å². The lowest BCUT2D eigenvalue weighted by Gasteiger charge is -2.38. The minimum atomic E-state index is -1.84. The van der Waals surface area contributed by atoms with Gasteiger partial charge in [-0.1, -0.05) is 20.8 Å². The molecule has 0 N–H and O–H groups in total. The van der Waals surface area contributed by atoms with Crippen molar-refractivity contribution in [2.75, 3.05) is 13.2 Å². The van der Waals surface area contributed by atoms with E-state index in [2.05, 4.69) is 33.9 Å². The van der Waals surface area contributed by atoms with Crippen molar-refractivity contribution in [3.05, 3.63) is 10.1 Å². The first kappa shape index (κ1) is 16.9. The van der Waals surface area contributed by atoms with Gasteiger partial charge < -0.3 is 9.33 Å². The average Bonchev–Trinajstić information content (AvgIpc) is 2.89. The molecule has 0 radical (unpaired) electrons. The van der Waals surface area contributed by atoms with Gasteiger partial charge in [0.2, 0.25) is 12.5 Å². The molecule has 0 unspecified atom stereocenters. The summed E-state index contributed by atoms with van der Waals surface area (Å²) in [4.78, 5) is 25.1. The first-order chi connectivity index (χ1) is 10.5. The SMILES string of the molecule is CC(C)(C)[Si](C)(C)OC[C@H]1C[C@@H]2C[C@@]23[C@H](C[N+](=O)[O-])CC(=O)N13. The summed E-state index contributed by atoms with van der Waals surface area (Å²) in [6.45, 7) is 11.6. The fourth-order valence-electron chi connectivity index (χ4n) is 4.38. The van der Waals surface area contributed by atoms with Crippen LogP contribution in [0.25, 0.3) is 0 Å². The molecule has 3 rings (SSSR count). The summed E-state index contributed by atoms with van der Waals surface area (Å²) < 4.78 is 6.33. The van der Waals surface area contributed by atoms with Crippen LogP contribution in [0, 0.1) is 22.0 Å². The molecule has 0 aromatic carbocycles. The molecule has 130 valence electrons. The Morgan fingerprint density at radius 1 is 1.43 bits per heavy atom. The van der Waals surface area contributed by atoms with E-state index in [1.165, 1.54) is 0 Å². The smallest absolute Gasteiger partial charge is 0.224 e. The molecule has 0 aromatic rings. The van der Waals surface area contributed by atoms with E-state index in [-0.39, 0.29) is 39.9 Å². The summed E-state index contributed by atoms with van der Waals surface area (Å²) in [7, 11) is -1.84. The number of carbonyl (C=O) groups excluding carboxylic acids is 1. The lowest BCUT2D eigenvalue weighted by atomic mass is 9.97. The predicted molar refractivity (Wildman–Crippen MR) is 89.2 cm³/mol. The Morgan fingerprint density at radius 2 is 2.09 bits per heavy atom. The molecule has 1 amide bonds. The standard InChI is InChI=1S/C16H28N2O4Si/c1-15(2,3)23(4,5)22-10-13-6-11-8-16(11)12(9-17(20)21)7-14(19)18(13)16/h11-13H,6-10H2,1-5H3/t11-,12+,13-,16+/m1/s1. The highest BCUT2D eigenvalue weighted by Crippen LogP contribution is 2.65. The highest BCUT2D eigenvalue weighted by molar-refractivity contribution is 6.74. The molecule has 1 spiro atoms. The number of piperidine rings is 1. The van der Waals surface area contributed by atoms with E-state index in [0.717, 1.165) is 12.8 Å². The lowest BCUT2D eigenvalue weighted by Crippen LogP contribution is -2.48. The van der Waals surface area contributed by atoms with Gasteiger partial charge in [0.1, 0.15) is 0 Å². The van der Waals surface area contributed by atoms with Crippen molar-refractivity contribution in [1.29, 1.82) is 0 Å². The van der Waals surface area contributed by atoms with Crippen LogP contribution in [-0.2, 0) is 9.22 Å². The highest BCUT2D eigenvalue weighted by Gasteiger charge is 2.74. The summed E-state index contributed by atoms with van der Waals surface area (Å²) in [5, 5.41) is 11.1. The maximum atomic E-state index is 12.5. The van der Waals surface area contributed by atoms with Gasteiger partial charge in [0.25, 0.3) is 0 Å². The van der Waals surface area contributed by atoms with Gasteiger partial charge >= 0.3 is 0 Å². The van der Waals surface area contributed by atoms with Crippen molar-refractivity contribution in [3.8, 4) is 0 Å². The van der Waals surface area contributed by atoms with E-state index in [4.69, 9.17) is 4.43 Å². The van der Waals surface area contributed by atoms with Crippen LogP contribution in [0.2, 0.25) is 18.1 Å². The topological polar surface area (TPSA) is 72.7 Å². The zero-order chi connectivity index (χ0) is 17.2. The summed E-state index contributed by atoms with van der Waals surface area (Å²) in [6.07, 6.45) is 2.25. The molecule has 3 aliphatic rings. The Bertz CT molecular complexity index is 545. The number of nitro groups is 1. The van der Waals surface area contributed by atoms with Gasteiger partial charge in [-0.15, -0.1) is 0 Å². The molecule has 2 saturated heterocycles. The Hall–Kier alpha value is -0.953. The molecule has 23 heavy (non-hydrogen) atoms. The number of rotatable bonds is 5. The monoisotopic (exact) mass is 340 g/mol. The van der Waals surface area contributed by atoms with Crippen LogP contribution in [0.1, 0.15) is 40.0 Å². The molecule has 2 heterocycles. The van der Waals surface area contributed by atoms with Gasteiger partial charge in [0, 0.05) is 11.3 Å². The second-order valence-corrected chi connectivity index (χ2v) is 13.8. The quantitative estimate of drug-likeness (QED) is 0.438. The maximum absolute atomic E-state index is 12.5. The van der Waals surface area contributed by atoms with Crippen LogP contribution < -0.4 is 0 Å². The highest BCUT2D eigenvalue weighted by atomic mass is 28.4. The Morgan fingerprint density at radius 3 is 2.65 bits per heavy atom. The van der Waals surface area contributed by atoms with Crippen LogP contribution in [0.4, 0.5) is 0 Å². The third kappa shape index (κ3) is 2.52. The molecule has 2 aliphatic heterocycles. The van der Waals surface area contributed by atoms with Gasteiger partial charge in [-0.25, -0.2) is 0 Å². The van der Waals surface area contributed by atoms with Crippen molar-refractivity contribution >= 4 is 14.2 Å². The molecular formula is C16H28N2O4Si. The summed E-state index contributed by atoms with van der Waals surface area (Å²) in [6, 6.07) is 0.118.